The Morgan fingerprint density at radius 3 is 1.49 bits per heavy atom. The summed E-state index contributed by atoms with van der Waals surface area (Å²) in [5.41, 5.74) is 16.3. The van der Waals surface area contributed by atoms with Crippen LogP contribution in [0.25, 0.3) is 104 Å². The Labute approximate surface area is 395 Å². The van der Waals surface area contributed by atoms with Crippen LogP contribution >= 0.6 is 0 Å². The topological polar surface area (TPSA) is 8.17 Å². The van der Waals surface area contributed by atoms with Crippen molar-refractivity contribution in [2.75, 3.05) is 4.90 Å². The molecule has 0 spiro atoms. The Bertz CT molecular complexity index is 4000. The van der Waals surface area contributed by atoms with Gasteiger partial charge in [0.05, 0.1) is 11.0 Å². The molecule has 0 bridgehead atoms. The summed E-state index contributed by atoms with van der Waals surface area (Å²) in [4.78, 5) is 2.40. The Hall–Kier alpha value is -8.98. The second-order valence-electron chi connectivity index (χ2n) is 17.7. The monoisotopic (exact) mass is 864 g/mol. The second kappa shape index (κ2) is 16.5. The molecular formula is C66H44N2. The van der Waals surface area contributed by atoms with Gasteiger partial charge < -0.3 is 9.47 Å². The van der Waals surface area contributed by atoms with Crippen LogP contribution in [0, 0.1) is 0 Å². The molecule has 0 atom stereocenters. The standard InChI is InChI=1S/C66H44N2/c1-3-14-45(15-4-1)50-18-11-19-51(42-50)46-30-36-56(37-31-46)67(57-38-32-47(33-39-57)52-34-40-60-54(43-52)29-28-48-16-7-9-24-59(48)60)58-23-12-20-53(44-58)62-26-13-27-63-66(62)65-61-25-10-8-17-49(61)35-41-64(65)68(63)55-21-5-2-6-22-55/h1-44H. The van der Waals surface area contributed by atoms with E-state index in [0.717, 1.165) is 28.3 Å². The lowest BCUT2D eigenvalue weighted by molar-refractivity contribution is 1.18. The molecule has 0 aliphatic rings. The number of aromatic nitrogens is 1. The minimum absolute atomic E-state index is 1.08. The van der Waals surface area contributed by atoms with Crippen LogP contribution in [0.1, 0.15) is 0 Å². The van der Waals surface area contributed by atoms with Crippen molar-refractivity contribution in [3.63, 3.8) is 0 Å². The van der Waals surface area contributed by atoms with Gasteiger partial charge in [-0.1, -0.05) is 194 Å². The number of rotatable bonds is 8. The third kappa shape index (κ3) is 6.82. The van der Waals surface area contributed by atoms with Crippen molar-refractivity contribution in [3.8, 4) is 50.2 Å². The van der Waals surface area contributed by atoms with Gasteiger partial charge in [0.15, 0.2) is 0 Å². The lowest BCUT2D eigenvalue weighted by Gasteiger charge is -2.26. The van der Waals surface area contributed by atoms with Crippen LogP contribution in [0.4, 0.5) is 17.1 Å². The van der Waals surface area contributed by atoms with Crippen LogP contribution in [-0.4, -0.2) is 4.57 Å². The van der Waals surface area contributed by atoms with Gasteiger partial charge in [-0.2, -0.15) is 0 Å². The number of hydrogen-bond donors (Lipinski definition) is 0. The maximum absolute atomic E-state index is 2.42. The summed E-state index contributed by atoms with van der Waals surface area (Å²) in [6, 6.07) is 97.5. The molecule has 1 aromatic heterocycles. The number of benzene rings is 12. The molecular weight excluding hydrogens is 821 g/mol. The zero-order chi connectivity index (χ0) is 45.0. The van der Waals surface area contributed by atoms with Crippen LogP contribution in [0.5, 0.6) is 0 Å². The zero-order valence-corrected chi connectivity index (χ0v) is 37.3. The second-order valence-corrected chi connectivity index (χ2v) is 17.7. The zero-order valence-electron chi connectivity index (χ0n) is 37.3. The quantitative estimate of drug-likeness (QED) is 0.138. The summed E-state index contributed by atoms with van der Waals surface area (Å²) in [6.07, 6.45) is 0. The largest absolute Gasteiger partial charge is 0.310 e. The van der Waals surface area contributed by atoms with Crippen LogP contribution < -0.4 is 4.90 Å². The maximum Gasteiger partial charge on any atom is 0.0547 e. The molecule has 13 rings (SSSR count). The first kappa shape index (κ1) is 39.4. The first-order valence-corrected chi connectivity index (χ1v) is 23.4. The molecule has 2 nitrogen and oxygen atoms in total. The number of anilines is 3. The maximum atomic E-state index is 2.42. The highest BCUT2D eigenvalue weighted by Gasteiger charge is 2.20. The first-order chi connectivity index (χ1) is 33.7. The van der Waals surface area contributed by atoms with Crippen molar-refractivity contribution >= 4 is 71.2 Å². The van der Waals surface area contributed by atoms with Gasteiger partial charge in [0.25, 0.3) is 0 Å². The molecule has 0 radical (unpaired) electrons. The number of hydrogen-bond acceptors (Lipinski definition) is 1. The van der Waals surface area contributed by atoms with Crippen molar-refractivity contribution < 1.29 is 0 Å². The van der Waals surface area contributed by atoms with Gasteiger partial charge in [0, 0.05) is 33.5 Å². The van der Waals surface area contributed by atoms with Crippen molar-refractivity contribution in [3.05, 3.63) is 267 Å². The average molecular weight is 865 g/mol. The van der Waals surface area contributed by atoms with E-state index in [9.17, 15) is 0 Å². The predicted octanol–water partition coefficient (Wildman–Crippen LogP) is 18.4. The number of para-hydroxylation sites is 1. The molecule has 318 valence electrons. The van der Waals surface area contributed by atoms with E-state index >= 15 is 0 Å². The highest BCUT2D eigenvalue weighted by atomic mass is 15.1. The Morgan fingerprint density at radius 2 is 0.750 bits per heavy atom. The smallest absolute Gasteiger partial charge is 0.0547 e. The average Bonchev–Trinajstić information content (AvgIpc) is 3.77. The molecule has 12 aromatic carbocycles. The highest BCUT2D eigenvalue weighted by molar-refractivity contribution is 6.25. The van der Waals surface area contributed by atoms with Crippen molar-refractivity contribution in [1.82, 2.24) is 4.57 Å². The van der Waals surface area contributed by atoms with E-state index in [1.165, 1.54) is 93.1 Å². The molecule has 0 saturated heterocycles. The molecule has 0 saturated carbocycles. The minimum atomic E-state index is 1.08. The van der Waals surface area contributed by atoms with E-state index < -0.39 is 0 Å². The molecule has 1 heterocycles. The minimum Gasteiger partial charge on any atom is -0.310 e. The van der Waals surface area contributed by atoms with E-state index in [4.69, 9.17) is 0 Å². The third-order valence-electron chi connectivity index (χ3n) is 13.7. The van der Waals surface area contributed by atoms with Gasteiger partial charge in [-0.05, 0) is 150 Å². The summed E-state index contributed by atoms with van der Waals surface area (Å²) >= 11 is 0. The van der Waals surface area contributed by atoms with E-state index in [0.29, 0.717) is 0 Å². The summed E-state index contributed by atoms with van der Waals surface area (Å²) in [5.74, 6) is 0. The summed E-state index contributed by atoms with van der Waals surface area (Å²) in [6.45, 7) is 0. The molecule has 0 amide bonds. The van der Waals surface area contributed by atoms with Gasteiger partial charge in [-0.3, -0.25) is 0 Å². The van der Waals surface area contributed by atoms with E-state index in [2.05, 4.69) is 276 Å². The van der Waals surface area contributed by atoms with E-state index in [1.54, 1.807) is 0 Å². The van der Waals surface area contributed by atoms with E-state index in [1.807, 2.05) is 0 Å². The molecule has 0 aliphatic carbocycles. The molecule has 2 heteroatoms. The van der Waals surface area contributed by atoms with Gasteiger partial charge in [-0.15, -0.1) is 0 Å². The molecule has 0 aliphatic heterocycles. The van der Waals surface area contributed by atoms with Crippen LogP contribution in [0.15, 0.2) is 267 Å². The van der Waals surface area contributed by atoms with Crippen LogP contribution in [-0.2, 0) is 0 Å². The third-order valence-corrected chi connectivity index (χ3v) is 13.7. The fourth-order valence-electron chi connectivity index (χ4n) is 10.5. The lowest BCUT2D eigenvalue weighted by Crippen LogP contribution is -2.10. The first-order valence-electron chi connectivity index (χ1n) is 23.4. The Kier molecular flexibility index (Phi) is 9.54. The number of nitrogens with zero attached hydrogens (tertiary/aromatic N) is 2. The summed E-state index contributed by atoms with van der Waals surface area (Å²) in [5, 5.41) is 10.1. The molecule has 0 N–H and O–H groups in total. The number of fused-ring (bicyclic) bond motifs is 8. The van der Waals surface area contributed by atoms with Crippen molar-refractivity contribution in [1.29, 1.82) is 0 Å². The van der Waals surface area contributed by atoms with E-state index in [-0.39, 0.29) is 0 Å². The van der Waals surface area contributed by atoms with Gasteiger partial charge in [0.1, 0.15) is 0 Å². The van der Waals surface area contributed by atoms with Gasteiger partial charge in [-0.25, -0.2) is 0 Å². The van der Waals surface area contributed by atoms with Gasteiger partial charge in [0.2, 0.25) is 0 Å². The van der Waals surface area contributed by atoms with Crippen LogP contribution in [0.3, 0.4) is 0 Å². The fraction of sp³-hybridized carbons (Fsp3) is 0. The fourth-order valence-corrected chi connectivity index (χ4v) is 10.5. The summed E-state index contributed by atoms with van der Waals surface area (Å²) < 4.78 is 2.42. The normalized spacial score (nSPS) is 11.5. The highest BCUT2D eigenvalue weighted by Crippen LogP contribution is 2.44. The lowest BCUT2D eigenvalue weighted by atomic mass is 9.96. The molecule has 68 heavy (non-hydrogen) atoms. The Morgan fingerprint density at radius 1 is 0.250 bits per heavy atom. The molecule has 0 fully saturated rings. The van der Waals surface area contributed by atoms with Crippen molar-refractivity contribution in [2.24, 2.45) is 0 Å². The van der Waals surface area contributed by atoms with Crippen molar-refractivity contribution in [2.45, 2.75) is 0 Å². The summed E-state index contributed by atoms with van der Waals surface area (Å²) in [7, 11) is 0. The molecule has 0 unspecified atom stereocenters. The predicted molar refractivity (Wildman–Crippen MR) is 290 cm³/mol. The van der Waals surface area contributed by atoms with Crippen LogP contribution in [0.2, 0.25) is 0 Å². The SMILES string of the molecule is c1ccc(-c2cccc(-c3ccc(N(c4ccc(-c5ccc6c(ccc7ccccc76)c5)cc4)c4cccc(-c5cccc6c5c5c7ccccc7ccc5n6-c5ccccc5)c4)cc3)c2)cc1. The Balaban J connectivity index is 0.948. The molecule has 13 aromatic rings. The van der Waals surface area contributed by atoms with Gasteiger partial charge >= 0.3 is 0 Å².